The molecule has 3 N–H and O–H groups in total. The molecule has 2 rings (SSSR count). The molecule has 0 spiro atoms. The normalized spacial score (nSPS) is 12.6. The smallest absolute Gasteiger partial charge is 0.259 e. The zero-order chi connectivity index (χ0) is 17.0. The molecule has 23 heavy (non-hydrogen) atoms. The molecule has 2 aromatic heterocycles. The number of carbonyl (C=O) groups is 1. The van der Waals surface area contributed by atoms with Crippen molar-refractivity contribution in [3.8, 4) is 11.5 Å². The molecule has 0 radical (unpaired) electrons. The van der Waals surface area contributed by atoms with Gasteiger partial charge >= 0.3 is 0 Å². The molecule has 1 amide bonds. The van der Waals surface area contributed by atoms with Gasteiger partial charge in [-0.15, -0.1) is 0 Å². The second-order valence-electron chi connectivity index (χ2n) is 6.07. The number of rotatable bonds is 7. The second kappa shape index (κ2) is 7.55. The molecular weight excluding hydrogens is 318 g/mol. The minimum atomic E-state index is -0.330. The third-order valence-corrected chi connectivity index (χ3v) is 3.75. The van der Waals surface area contributed by atoms with E-state index >= 15 is 0 Å². The maximum Gasteiger partial charge on any atom is 0.259 e. The van der Waals surface area contributed by atoms with Gasteiger partial charge in [0.2, 0.25) is 5.88 Å². The largest absolute Gasteiger partial charge is 0.443 e. The summed E-state index contributed by atoms with van der Waals surface area (Å²) in [4.78, 5) is 12.5. The molecule has 1 atom stereocenters. The van der Waals surface area contributed by atoms with E-state index in [1.165, 1.54) is 0 Å². The molecule has 0 aliphatic carbocycles. The Morgan fingerprint density at radius 1 is 1.35 bits per heavy atom. The average molecular weight is 340 g/mol. The van der Waals surface area contributed by atoms with Crippen LogP contribution in [-0.2, 0) is 0 Å². The Morgan fingerprint density at radius 3 is 2.70 bits per heavy atom. The molecule has 7 heteroatoms. The van der Waals surface area contributed by atoms with Gasteiger partial charge in [-0.3, -0.25) is 4.79 Å². The number of hydrogen-bond acceptors (Lipinski definition) is 5. The highest BCUT2D eigenvalue weighted by molar-refractivity contribution is 6.29. The summed E-state index contributed by atoms with van der Waals surface area (Å²) in [7, 11) is 0. The monoisotopic (exact) mass is 339 g/mol. The molecule has 2 heterocycles. The molecule has 0 aliphatic heterocycles. The van der Waals surface area contributed by atoms with Crippen molar-refractivity contribution in [2.75, 3.05) is 5.73 Å². The molecule has 0 aromatic carbocycles. The third-order valence-electron chi connectivity index (χ3n) is 3.55. The summed E-state index contributed by atoms with van der Waals surface area (Å²) in [5, 5.41) is 6.92. The van der Waals surface area contributed by atoms with E-state index in [1.54, 1.807) is 12.1 Å². The fraction of sp³-hybridized carbons (Fsp3) is 0.500. The topological polar surface area (TPSA) is 94.3 Å². The minimum absolute atomic E-state index is 0.0311. The molecule has 0 fully saturated rings. The Balaban J connectivity index is 2.06. The van der Waals surface area contributed by atoms with Gasteiger partial charge in [0.1, 0.15) is 5.56 Å². The molecule has 1 unspecified atom stereocenters. The van der Waals surface area contributed by atoms with Crippen molar-refractivity contribution in [1.29, 1.82) is 0 Å². The van der Waals surface area contributed by atoms with Crippen LogP contribution in [0.2, 0.25) is 5.22 Å². The third kappa shape index (κ3) is 4.51. The number of halogens is 1. The molecule has 126 valence electrons. The van der Waals surface area contributed by atoms with Crippen LogP contribution in [-0.4, -0.2) is 17.1 Å². The Morgan fingerprint density at radius 2 is 2.09 bits per heavy atom. The Kier molecular flexibility index (Phi) is 5.71. The molecule has 6 nitrogen and oxygen atoms in total. The van der Waals surface area contributed by atoms with Crippen LogP contribution in [0.4, 0.5) is 5.88 Å². The van der Waals surface area contributed by atoms with E-state index in [0.29, 0.717) is 11.7 Å². The summed E-state index contributed by atoms with van der Waals surface area (Å²) in [6, 6.07) is 3.21. The molecular formula is C16H22ClN3O3. The van der Waals surface area contributed by atoms with Crippen LogP contribution in [0, 0.1) is 5.92 Å². The first kappa shape index (κ1) is 17.4. The number of carbonyl (C=O) groups excluding carboxylic acids is 1. The quantitative estimate of drug-likeness (QED) is 0.791. The standard InChI is InChI=1S/C16H22ClN3O3/c1-9(2)5-4-6-10(3)19-16(21)13-14(20-23-15(13)18)11-7-8-12(17)22-11/h7-10H,4-6,18H2,1-3H3,(H,19,21). The zero-order valence-electron chi connectivity index (χ0n) is 13.6. The highest BCUT2D eigenvalue weighted by Gasteiger charge is 2.25. The van der Waals surface area contributed by atoms with Crippen molar-refractivity contribution in [3.05, 3.63) is 22.9 Å². The van der Waals surface area contributed by atoms with Crippen molar-refractivity contribution in [2.45, 2.75) is 46.1 Å². The maximum absolute atomic E-state index is 12.5. The zero-order valence-corrected chi connectivity index (χ0v) is 14.3. The fourth-order valence-electron chi connectivity index (χ4n) is 2.33. The SMILES string of the molecule is CC(C)CCCC(C)NC(=O)c1c(-c2ccc(Cl)o2)noc1N. The fourth-order valence-corrected chi connectivity index (χ4v) is 2.48. The van der Waals surface area contributed by atoms with E-state index < -0.39 is 0 Å². The molecule has 0 bridgehead atoms. The number of nitrogens with two attached hydrogens (primary N) is 1. The lowest BCUT2D eigenvalue weighted by atomic mass is 10.0. The van der Waals surface area contributed by atoms with Crippen molar-refractivity contribution in [2.24, 2.45) is 5.92 Å². The van der Waals surface area contributed by atoms with Crippen molar-refractivity contribution in [1.82, 2.24) is 10.5 Å². The number of furan rings is 1. The van der Waals surface area contributed by atoms with Crippen LogP contribution in [0.15, 0.2) is 21.1 Å². The molecule has 0 saturated heterocycles. The van der Waals surface area contributed by atoms with Gasteiger partial charge in [0.25, 0.3) is 5.91 Å². The van der Waals surface area contributed by atoms with Crippen molar-refractivity contribution >= 4 is 23.4 Å². The van der Waals surface area contributed by atoms with Gasteiger partial charge in [0.15, 0.2) is 16.7 Å². The highest BCUT2D eigenvalue weighted by Crippen LogP contribution is 2.30. The first-order valence-electron chi connectivity index (χ1n) is 7.70. The highest BCUT2D eigenvalue weighted by atomic mass is 35.5. The number of nitrogens with zero attached hydrogens (tertiary/aromatic N) is 1. The summed E-state index contributed by atoms with van der Waals surface area (Å²) >= 11 is 5.76. The van der Waals surface area contributed by atoms with Gasteiger partial charge in [-0.2, -0.15) is 0 Å². The summed E-state index contributed by atoms with van der Waals surface area (Å²) in [5.74, 6) is 0.623. The number of hydrogen-bond donors (Lipinski definition) is 2. The van der Waals surface area contributed by atoms with E-state index in [-0.39, 0.29) is 34.3 Å². The predicted molar refractivity (Wildman–Crippen MR) is 89.2 cm³/mol. The van der Waals surface area contributed by atoms with Crippen LogP contribution in [0.5, 0.6) is 0 Å². The van der Waals surface area contributed by atoms with Crippen molar-refractivity contribution in [3.63, 3.8) is 0 Å². The van der Waals surface area contributed by atoms with Gasteiger partial charge in [-0.1, -0.05) is 31.8 Å². The van der Waals surface area contributed by atoms with E-state index in [9.17, 15) is 4.79 Å². The second-order valence-corrected chi connectivity index (χ2v) is 6.45. The lowest BCUT2D eigenvalue weighted by molar-refractivity contribution is 0.0938. The minimum Gasteiger partial charge on any atom is -0.443 e. The van der Waals surface area contributed by atoms with E-state index in [1.807, 2.05) is 6.92 Å². The van der Waals surface area contributed by atoms with Gasteiger partial charge in [0, 0.05) is 6.04 Å². The first-order chi connectivity index (χ1) is 10.9. The van der Waals surface area contributed by atoms with Gasteiger partial charge in [-0.05, 0) is 43.0 Å². The number of anilines is 1. The Bertz CT molecular complexity index is 663. The summed E-state index contributed by atoms with van der Waals surface area (Å²) < 4.78 is 10.2. The first-order valence-corrected chi connectivity index (χ1v) is 8.08. The van der Waals surface area contributed by atoms with Gasteiger partial charge in [0.05, 0.1) is 0 Å². The maximum atomic E-state index is 12.5. The summed E-state index contributed by atoms with van der Waals surface area (Å²) in [5.41, 5.74) is 6.16. The van der Waals surface area contributed by atoms with E-state index in [0.717, 1.165) is 19.3 Å². The number of nitrogen functional groups attached to an aromatic ring is 1. The number of amides is 1. The average Bonchev–Trinajstić information content (AvgIpc) is 3.04. The van der Waals surface area contributed by atoms with Gasteiger partial charge in [-0.25, -0.2) is 0 Å². The van der Waals surface area contributed by atoms with E-state index in [2.05, 4.69) is 24.3 Å². The van der Waals surface area contributed by atoms with Crippen LogP contribution in [0.25, 0.3) is 11.5 Å². The van der Waals surface area contributed by atoms with Crippen LogP contribution >= 0.6 is 11.6 Å². The molecule has 0 saturated carbocycles. The molecule has 0 aliphatic rings. The van der Waals surface area contributed by atoms with Crippen LogP contribution in [0.3, 0.4) is 0 Å². The van der Waals surface area contributed by atoms with Crippen molar-refractivity contribution < 1.29 is 13.7 Å². The number of nitrogens with one attached hydrogen (secondary N) is 1. The Labute approximate surface area is 140 Å². The Hall–Kier alpha value is -1.95. The van der Waals surface area contributed by atoms with Crippen LogP contribution < -0.4 is 11.1 Å². The number of aromatic nitrogens is 1. The molecule has 2 aromatic rings. The lowest BCUT2D eigenvalue weighted by Gasteiger charge is -2.14. The van der Waals surface area contributed by atoms with Gasteiger partial charge < -0.3 is 20.0 Å². The summed E-state index contributed by atoms with van der Waals surface area (Å²) in [6.45, 7) is 6.33. The van der Waals surface area contributed by atoms with E-state index in [4.69, 9.17) is 26.3 Å². The summed E-state index contributed by atoms with van der Waals surface area (Å²) in [6.07, 6.45) is 3.08. The predicted octanol–water partition coefficient (Wildman–Crippen LogP) is 4.11. The van der Waals surface area contributed by atoms with Crippen LogP contribution in [0.1, 0.15) is 50.4 Å². The lowest BCUT2D eigenvalue weighted by Crippen LogP contribution is -2.33.